The van der Waals surface area contributed by atoms with E-state index in [0.29, 0.717) is 45.1 Å². The predicted molar refractivity (Wildman–Crippen MR) is 251 cm³/mol. The molecule has 350 valence electrons. The molecule has 0 spiro atoms. The van der Waals surface area contributed by atoms with E-state index in [1.165, 1.54) is 30.9 Å². The average Bonchev–Trinajstić information content (AvgIpc) is 3.31. The van der Waals surface area contributed by atoms with Gasteiger partial charge in [-0.25, -0.2) is 0 Å². The van der Waals surface area contributed by atoms with E-state index >= 15 is 0 Å². The van der Waals surface area contributed by atoms with E-state index in [2.05, 4.69) is 40.3 Å². The zero-order valence-corrected chi connectivity index (χ0v) is 38.2. The molecule has 0 saturated carbocycles. The number of aromatic nitrogens is 1. The number of nitrogens with zero attached hydrogens (tertiary/aromatic N) is 3. The summed E-state index contributed by atoms with van der Waals surface area (Å²) in [7, 11) is 1.43. The number of pyridine rings is 1. The second kappa shape index (κ2) is 24.4. The van der Waals surface area contributed by atoms with Gasteiger partial charge in [0.1, 0.15) is 55.4 Å². The molecule has 0 saturated heterocycles. The van der Waals surface area contributed by atoms with E-state index in [1.807, 2.05) is 18.2 Å². The van der Waals surface area contributed by atoms with Crippen molar-refractivity contribution in [3.8, 4) is 40.0 Å². The number of carbonyl (C=O) groups is 5. The van der Waals surface area contributed by atoms with Crippen molar-refractivity contribution in [2.75, 3.05) is 46.4 Å². The van der Waals surface area contributed by atoms with E-state index in [0.717, 1.165) is 24.8 Å². The topological polar surface area (TPSA) is 270 Å². The molecule has 0 radical (unpaired) electrons. The number of hydrogen-bond donors (Lipinski definition) is 7. The number of nitrogens with one attached hydrogen (secondary N) is 4. The zero-order valence-electron chi connectivity index (χ0n) is 38.2. The van der Waals surface area contributed by atoms with Crippen LogP contribution in [0.25, 0.3) is 22.4 Å². The second-order valence-electron chi connectivity index (χ2n) is 16.2. The lowest BCUT2D eigenvalue weighted by atomic mass is 9.93. The van der Waals surface area contributed by atoms with Gasteiger partial charge in [0.25, 0.3) is 5.91 Å². The third-order valence-electron chi connectivity index (χ3n) is 11.3. The number of aryl methyl sites for hydroxylation is 2. The van der Waals surface area contributed by atoms with Crippen LogP contribution in [0.3, 0.4) is 0 Å². The first-order chi connectivity index (χ1) is 31.8. The normalized spacial score (nSPS) is 16.4. The van der Waals surface area contributed by atoms with Crippen molar-refractivity contribution in [1.82, 2.24) is 31.2 Å². The molecule has 5 rings (SSSR count). The highest BCUT2D eigenvalue weighted by Crippen LogP contribution is 2.40. The van der Waals surface area contributed by atoms with E-state index in [1.54, 1.807) is 55.5 Å². The Hall–Kier alpha value is -6.87. The van der Waals surface area contributed by atoms with Gasteiger partial charge in [-0.15, -0.1) is 0 Å². The van der Waals surface area contributed by atoms with Crippen LogP contribution in [-0.2, 0) is 32.0 Å². The maximum Gasteiger partial charge on any atom is 0.253 e. The number of unbranched alkanes of at least 4 members (excludes halogenated alkanes) is 2. The number of nitriles is 1. The molecule has 0 fully saturated rings. The van der Waals surface area contributed by atoms with Gasteiger partial charge in [0.05, 0.1) is 23.0 Å². The molecule has 66 heavy (non-hydrogen) atoms. The second-order valence-corrected chi connectivity index (χ2v) is 16.2. The van der Waals surface area contributed by atoms with Crippen LogP contribution in [0.5, 0.6) is 11.5 Å². The number of hydrogen-bond acceptors (Lipinski definition) is 12. The van der Waals surface area contributed by atoms with Crippen LogP contribution in [0.4, 0.5) is 0 Å². The lowest BCUT2D eigenvalue weighted by Gasteiger charge is -2.32. The summed E-state index contributed by atoms with van der Waals surface area (Å²) >= 11 is 0. The van der Waals surface area contributed by atoms with Crippen LogP contribution < -0.4 is 47.9 Å². The molecule has 17 heteroatoms. The molecular weight excluding hydrogens is 841 g/mol. The monoisotopic (exact) mass is 902 g/mol. The molecule has 4 unspecified atom stereocenters. The SMILES string of the molecule is CCCCCc1ccc(-c2ccc(C(=O)NC(CCN)C(=O)N(C)C3C(=O)NC(C)C(=O)NC(C(=O)NCC#N)Cc4ccc(OCCN)c(c4)-c4cc3ccc4OCCN)c(C)n2)cc1. The summed E-state index contributed by atoms with van der Waals surface area (Å²) in [5.74, 6) is -2.46. The number of fused-ring (bicyclic) bond motifs is 5. The van der Waals surface area contributed by atoms with Gasteiger partial charge in [0.15, 0.2) is 0 Å². The number of benzene rings is 3. The molecule has 10 N–H and O–H groups in total. The number of ether oxygens (including phenoxy) is 2. The molecule has 4 atom stereocenters. The Morgan fingerprint density at radius 2 is 1.58 bits per heavy atom. The Morgan fingerprint density at radius 3 is 2.21 bits per heavy atom. The van der Waals surface area contributed by atoms with Crippen LogP contribution in [0, 0.1) is 18.3 Å². The smallest absolute Gasteiger partial charge is 0.253 e. The highest BCUT2D eigenvalue weighted by Gasteiger charge is 2.36. The molecular formula is C49H62N10O7. The summed E-state index contributed by atoms with van der Waals surface area (Å²) in [5, 5.41) is 19.9. The zero-order chi connectivity index (χ0) is 47.8. The van der Waals surface area contributed by atoms with E-state index in [9.17, 15) is 24.0 Å². The molecule has 17 nitrogen and oxygen atoms in total. The Labute approximate surface area is 386 Å². The minimum atomic E-state index is -1.39. The highest BCUT2D eigenvalue weighted by atomic mass is 16.5. The Bertz CT molecular complexity index is 2390. The van der Waals surface area contributed by atoms with Gasteiger partial charge >= 0.3 is 0 Å². The van der Waals surface area contributed by atoms with Crippen molar-refractivity contribution >= 4 is 29.5 Å². The van der Waals surface area contributed by atoms with E-state index < -0.39 is 53.7 Å². The third kappa shape index (κ3) is 12.9. The molecule has 3 aromatic carbocycles. The minimum absolute atomic E-state index is 0.00735. The molecule has 1 aliphatic heterocycles. The van der Waals surface area contributed by atoms with Gasteiger partial charge in [0, 0.05) is 43.2 Å². The Kier molecular flexibility index (Phi) is 18.6. The van der Waals surface area contributed by atoms with Gasteiger partial charge in [0.2, 0.25) is 23.6 Å². The van der Waals surface area contributed by atoms with Gasteiger partial charge in [-0.3, -0.25) is 29.0 Å². The Balaban J connectivity index is 1.53. The fourth-order valence-electron chi connectivity index (χ4n) is 7.75. The number of likely N-dealkylation sites (N-methyl/N-ethyl adjacent to an activating group) is 1. The number of nitrogens with two attached hydrogens (primary N) is 3. The highest BCUT2D eigenvalue weighted by molar-refractivity contribution is 6.00. The maximum atomic E-state index is 14.7. The van der Waals surface area contributed by atoms with E-state index in [-0.39, 0.29) is 57.8 Å². The van der Waals surface area contributed by atoms with Gasteiger partial charge in [-0.2, -0.15) is 5.26 Å². The minimum Gasteiger partial charge on any atom is -0.492 e. The first kappa shape index (κ1) is 50.1. The summed E-state index contributed by atoms with van der Waals surface area (Å²) in [6, 6.07) is 18.8. The lowest BCUT2D eigenvalue weighted by Crippen LogP contribution is -2.56. The molecule has 1 aliphatic rings. The fourth-order valence-corrected chi connectivity index (χ4v) is 7.75. The molecule has 4 aromatic rings. The maximum absolute atomic E-state index is 14.7. The quantitative estimate of drug-likeness (QED) is 0.0529. The summed E-state index contributed by atoms with van der Waals surface area (Å²) in [4.78, 5) is 76.2. The van der Waals surface area contributed by atoms with E-state index in [4.69, 9.17) is 36.9 Å². The van der Waals surface area contributed by atoms with Crippen LogP contribution in [-0.4, -0.2) is 104 Å². The van der Waals surface area contributed by atoms with Gasteiger partial charge in [-0.1, -0.05) is 56.2 Å². The summed E-state index contributed by atoms with van der Waals surface area (Å²) in [6.07, 6.45) is 4.49. The van der Waals surface area contributed by atoms with Crippen molar-refractivity contribution in [2.45, 2.75) is 83.5 Å². The average molecular weight is 903 g/mol. The van der Waals surface area contributed by atoms with Crippen molar-refractivity contribution in [1.29, 1.82) is 5.26 Å². The Morgan fingerprint density at radius 1 is 0.894 bits per heavy atom. The van der Waals surface area contributed by atoms with Crippen molar-refractivity contribution in [2.24, 2.45) is 17.2 Å². The van der Waals surface area contributed by atoms with Crippen LogP contribution >= 0.6 is 0 Å². The molecule has 4 bridgehead atoms. The van der Waals surface area contributed by atoms with Crippen molar-refractivity contribution in [3.63, 3.8) is 0 Å². The number of carbonyl (C=O) groups excluding carboxylic acids is 5. The first-order valence-electron chi connectivity index (χ1n) is 22.4. The largest absolute Gasteiger partial charge is 0.492 e. The summed E-state index contributed by atoms with van der Waals surface area (Å²) < 4.78 is 12.2. The molecule has 0 aliphatic carbocycles. The summed E-state index contributed by atoms with van der Waals surface area (Å²) in [5.41, 5.74) is 23.2. The standard InChI is InChI=1S/C49H62N10O7/c1-5-6-7-8-32-9-12-34(13-10-32)39-16-15-36(30(2)55-39)46(61)57-40(19-20-50)49(64)59(4)44-35-14-18-43(66-26-23-53)38(29-35)37-27-33(11-17-42(37)65-25-22-52)28-41(47(62)54-24-21-51)58-45(60)31(3)56-48(44)63/h9-18,27,29,31,40-41,44H,5-8,19-20,22-26,28,50,52-53H2,1-4H3,(H,54,62)(H,56,63)(H,57,61)(H,58,60). The summed E-state index contributed by atoms with van der Waals surface area (Å²) in [6.45, 7) is 5.76. The van der Waals surface area contributed by atoms with Crippen LogP contribution in [0.2, 0.25) is 0 Å². The van der Waals surface area contributed by atoms with Gasteiger partial charge < -0.3 is 52.8 Å². The predicted octanol–water partition coefficient (Wildman–Crippen LogP) is 2.96. The van der Waals surface area contributed by atoms with Gasteiger partial charge in [-0.05, 0) is 92.7 Å². The molecule has 5 amide bonds. The number of rotatable bonds is 19. The van der Waals surface area contributed by atoms with Crippen molar-refractivity contribution < 1.29 is 33.4 Å². The van der Waals surface area contributed by atoms with Crippen molar-refractivity contribution in [3.05, 3.63) is 101 Å². The van der Waals surface area contributed by atoms with Crippen LogP contribution in [0.15, 0.2) is 72.8 Å². The van der Waals surface area contributed by atoms with Crippen LogP contribution in [0.1, 0.15) is 78.3 Å². The molecule has 1 aromatic heterocycles. The third-order valence-corrected chi connectivity index (χ3v) is 11.3. The lowest BCUT2D eigenvalue weighted by molar-refractivity contribution is -0.141. The first-order valence-corrected chi connectivity index (χ1v) is 22.4. The number of amides is 5. The fraction of sp³-hybridized carbons (Fsp3) is 0.408. The molecule has 2 heterocycles.